The van der Waals surface area contributed by atoms with Crippen LogP contribution in [-0.4, -0.2) is 28.4 Å². The van der Waals surface area contributed by atoms with Crippen molar-refractivity contribution < 1.29 is 8.42 Å². The largest absolute Gasteiger partial charge is 0.351 e. The van der Waals surface area contributed by atoms with E-state index in [9.17, 15) is 8.42 Å². The SMILES string of the molecule is O=S(=O)(Cc1ccc(Cl)cc1CCCCc1c[nH]cn1)Cc1ccc(Cl)cc1CCCCc1c[nH]cn1. The molecule has 0 saturated carbocycles. The number of aromatic nitrogens is 4. The van der Waals surface area contributed by atoms with Crippen LogP contribution in [0.25, 0.3) is 0 Å². The van der Waals surface area contributed by atoms with E-state index in [1.807, 2.05) is 36.7 Å². The molecule has 37 heavy (non-hydrogen) atoms. The molecule has 0 aliphatic heterocycles. The number of halogens is 2. The average molecular weight is 560 g/mol. The topological polar surface area (TPSA) is 91.5 Å². The highest BCUT2D eigenvalue weighted by atomic mass is 35.5. The number of H-pyrrole nitrogens is 2. The lowest BCUT2D eigenvalue weighted by molar-refractivity contribution is 0.593. The Bertz CT molecular complexity index is 1270. The normalized spacial score (nSPS) is 11.7. The van der Waals surface area contributed by atoms with Crippen LogP contribution in [0.5, 0.6) is 0 Å². The van der Waals surface area contributed by atoms with Crippen molar-refractivity contribution in [3.63, 3.8) is 0 Å². The maximum atomic E-state index is 13.3. The molecule has 2 heterocycles. The molecule has 0 radical (unpaired) electrons. The molecule has 0 aliphatic rings. The van der Waals surface area contributed by atoms with Crippen molar-refractivity contribution in [2.24, 2.45) is 0 Å². The molecule has 2 aromatic carbocycles. The number of nitrogens with zero attached hydrogens (tertiary/aromatic N) is 2. The highest BCUT2D eigenvalue weighted by Gasteiger charge is 2.18. The number of rotatable bonds is 14. The third kappa shape index (κ3) is 8.73. The molecule has 2 N–H and O–H groups in total. The molecule has 0 atom stereocenters. The zero-order chi connectivity index (χ0) is 26.1. The van der Waals surface area contributed by atoms with Crippen molar-refractivity contribution in [3.8, 4) is 0 Å². The lowest BCUT2D eigenvalue weighted by atomic mass is 10.0. The quantitative estimate of drug-likeness (QED) is 0.169. The summed E-state index contributed by atoms with van der Waals surface area (Å²) < 4.78 is 26.7. The molecule has 4 aromatic rings. The van der Waals surface area contributed by atoms with Crippen molar-refractivity contribution in [1.29, 1.82) is 0 Å². The van der Waals surface area contributed by atoms with E-state index in [0.717, 1.165) is 85.0 Å². The summed E-state index contributed by atoms with van der Waals surface area (Å²) in [6, 6.07) is 11.0. The Hall–Kier alpha value is -2.61. The number of aryl methyl sites for hydroxylation is 4. The summed E-state index contributed by atoms with van der Waals surface area (Å²) >= 11 is 12.5. The molecule has 2 aromatic heterocycles. The lowest BCUT2D eigenvalue weighted by Crippen LogP contribution is -2.11. The maximum Gasteiger partial charge on any atom is 0.158 e. The molecule has 0 fully saturated rings. The van der Waals surface area contributed by atoms with Gasteiger partial charge in [-0.2, -0.15) is 0 Å². The summed E-state index contributed by atoms with van der Waals surface area (Å²) in [5.74, 6) is -0.0276. The second kappa shape index (κ2) is 13.3. The average Bonchev–Trinajstić information content (AvgIpc) is 3.57. The summed E-state index contributed by atoms with van der Waals surface area (Å²) in [5.41, 5.74) is 5.69. The van der Waals surface area contributed by atoms with E-state index in [0.29, 0.717) is 10.0 Å². The molecular formula is C28H32Cl2N4O2S. The van der Waals surface area contributed by atoms with Crippen LogP contribution in [0, 0.1) is 0 Å². The fraction of sp³-hybridized carbons (Fsp3) is 0.357. The van der Waals surface area contributed by atoms with Gasteiger partial charge in [0.25, 0.3) is 0 Å². The minimum absolute atomic E-state index is 0.0138. The van der Waals surface area contributed by atoms with Gasteiger partial charge in [-0.15, -0.1) is 0 Å². The van der Waals surface area contributed by atoms with Gasteiger partial charge in [0.1, 0.15) is 0 Å². The highest BCUT2D eigenvalue weighted by molar-refractivity contribution is 7.89. The number of unbranched alkanes of at least 4 members (excludes halogenated alkanes) is 2. The predicted molar refractivity (Wildman–Crippen MR) is 150 cm³/mol. The van der Waals surface area contributed by atoms with E-state index >= 15 is 0 Å². The Balaban J connectivity index is 1.38. The van der Waals surface area contributed by atoms with Crippen LogP contribution in [0.3, 0.4) is 0 Å². The number of benzene rings is 2. The Morgan fingerprint density at radius 2 is 1.05 bits per heavy atom. The van der Waals surface area contributed by atoms with Gasteiger partial charge in [-0.1, -0.05) is 35.3 Å². The van der Waals surface area contributed by atoms with Crippen molar-refractivity contribution in [2.75, 3.05) is 0 Å². The van der Waals surface area contributed by atoms with Crippen molar-refractivity contribution in [3.05, 3.63) is 105 Å². The van der Waals surface area contributed by atoms with Gasteiger partial charge in [-0.3, -0.25) is 0 Å². The molecule has 6 nitrogen and oxygen atoms in total. The molecule has 0 aliphatic carbocycles. The van der Waals surface area contributed by atoms with Gasteiger partial charge in [0.2, 0.25) is 0 Å². The maximum absolute atomic E-state index is 13.3. The van der Waals surface area contributed by atoms with E-state index < -0.39 is 9.84 Å². The lowest BCUT2D eigenvalue weighted by Gasteiger charge is -2.14. The monoisotopic (exact) mass is 558 g/mol. The van der Waals surface area contributed by atoms with E-state index in [1.165, 1.54) is 0 Å². The minimum Gasteiger partial charge on any atom is -0.351 e. The standard InChI is InChI=1S/C28H32Cl2N4O2S/c29-25-11-9-23(21(13-25)5-1-3-7-27-15-31-19-33-27)17-37(35,36)18-24-10-12-26(30)14-22(24)6-2-4-8-28-16-32-20-34-28/h9-16,19-20H,1-8,17-18H2,(H,31,33)(H,32,34). The van der Waals surface area contributed by atoms with Gasteiger partial charge in [0.15, 0.2) is 9.84 Å². The summed E-state index contributed by atoms with van der Waals surface area (Å²) in [7, 11) is -3.40. The van der Waals surface area contributed by atoms with Crippen LogP contribution in [0.15, 0.2) is 61.4 Å². The van der Waals surface area contributed by atoms with Gasteiger partial charge in [-0.05, 0) is 97.9 Å². The fourth-order valence-electron chi connectivity index (χ4n) is 4.56. The van der Waals surface area contributed by atoms with Crippen LogP contribution in [0.1, 0.15) is 59.3 Å². The molecule has 0 bridgehead atoms. The second-order valence-corrected chi connectivity index (χ2v) is 12.3. The molecule has 4 rings (SSSR count). The number of aromatic amines is 2. The van der Waals surface area contributed by atoms with Gasteiger partial charge < -0.3 is 9.97 Å². The highest BCUT2D eigenvalue weighted by Crippen LogP contribution is 2.25. The van der Waals surface area contributed by atoms with Crippen molar-refractivity contribution >= 4 is 33.0 Å². The minimum atomic E-state index is -3.40. The van der Waals surface area contributed by atoms with Crippen molar-refractivity contribution in [2.45, 2.75) is 62.9 Å². The molecule has 196 valence electrons. The molecule has 0 spiro atoms. The smallest absolute Gasteiger partial charge is 0.158 e. The molecule has 0 saturated heterocycles. The molecule has 9 heteroatoms. The van der Waals surface area contributed by atoms with E-state index in [1.54, 1.807) is 24.8 Å². The third-order valence-electron chi connectivity index (χ3n) is 6.46. The number of nitrogens with one attached hydrogen (secondary N) is 2. The first-order chi connectivity index (χ1) is 17.9. The first-order valence-electron chi connectivity index (χ1n) is 12.6. The third-order valence-corrected chi connectivity index (χ3v) is 8.43. The van der Waals surface area contributed by atoms with E-state index in [4.69, 9.17) is 23.2 Å². The Kier molecular flexibility index (Phi) is 9.83. The fourth-order valence-corrected chi connectivity index (χ4v) is 6.56. The molecule has 0 unspecified atom stereocenters. The number of imidazole rings is 2. The number of hydrogen-bond donors (Lipinski definition) is 2. The summed E-state index contributed by atoms with van der Waals surface area (Å²) in [6.45, 7) is 0. The molecule has 0 amide bonds. The van der Waals surface area contributed by atoms with Crippen LogP contribution in [-0.2, 0) is 47.0 Å². The van der Waals surface area contributed by atoms with Crippen LogP contribution < -0.4 is 0 Å². The first kappa shape index (κ1) is 27.4. The van der Waals surface area contributed by atoms with Crippen LogP contribution in [0.2, 0.25) is 10.0 Å². The Morgan fingerprint density at radius 3 is 1.46 bits per heavy atom. The van der Waals surface area contributed by atoms with Crippen LogP contribution >= 0.6 is 23.2 Å². The van der Waals surface area contributed by atoms with Crippen molar-refractivity contribution in [1.82, 2.24) is 19.9 Å². The van der Waals surface area contributed by atoms with E-state index in [2.05, 4.69) is 19.9 Å². The zero-order valence-electron chi connectivity index (χ0n) is 20.7. The Morgan fingerprint density at radius 1 is 0.622 bits per heavy atom. The summed E-state index contributed by atoms with van der Waals surface area (Å²) in [4.78, 5) is 14.5. The van der Waals surface area contributed by atoms with E-state index in [-0.39, 0.29) is 11.5 Å². The first-order valence-corrected chi connectivity index (χ1v) is 15.2. The van der Waals surface area contributed by atoms with Gasteiger partial charge in [0, 0.05) is 22.4 Å². The van der Waals surface area contributed by atoms with Gasteiger partial charge in [0.05, 0.1) is 35.5 Å². The zero-order valence-corrected chi connectivity index (χ0v) is 23.0. The van der Waals surface area contributed by atoms with Gasteiger partial charge in [-0.25, -0.2) is 18.4 Å². The summed E-state index contributed by atoms with van der Waals surface area (Å²) in [5, 5.41) is 1.25. The second-order valence-electron chi connectivity index (χ2n) is 9.39. The molecular weight excluding hydrogens is 527 g/mol. The summed E-state index contributed by atoms with van der Waals surface area (Å²) in [6.07, 6.45) is 14.3. The van der Waals surface area contributed by atoms with Gasteiger partial charge >= 0.3 is 0 Å². The predicted octanol–water partition coefficient (Wildman–Crippen LogP) is 6.69. The van der Waals surface area contributed by atoms with Crippen LogP contribution in [0.4, 0.5) is 0 Å². The number of hydrogen-bond acceptors (Lipinski definition) is 4. The number of sulfone groups is 1. The Labute approximate surface area is 228 Å².